The number of carbonyl (C=O) groups is 2. The fourth-order valence-corrected chi connectivity index (χ4v) is 3.03. The minimum Gasteiger partial charge on any atom is -0.508 e. The van der Waals surface area contributed by atoms with Gasteiger partial charge >= 0.3 is 6.09 Å². The third kappa shape index (κ3) is 6.05. The SMILES string of the molecule is CCO[C@H](CCO)[C@H](OC(=O)NC(=O)c1ccccc1)c1cc(Br)ccc1O. The second-order valence-electron chi connectivity index (χ2n) is 5.86. The van der Waals surface area contributed by atoms with Crippen molar-refractivity contribution in [3.8, 4) is 5.75 Å². The summed E-state index contributed by atoms with van der Waals surface area (Å²) in [4.78, 5) is 24.5. The summed E-state index contributed by atoms with van der Waals surface area (Å²) in [5.41, 5.74) is 0.599. The van der Waals surface area contributed by atoms with Crippen LogP contribution in [0.4, 0.5) is 4.79 Å². The number of alkyl carbamates (subject to hydrolysis) is 1. The highest BCUT2D eigenvalue weighted by atomic mass is 79.9. The maximum Gasteiger partial charge on any atom is 0.414 e. The number of nitrogens with one attached hydrogen (secondary N) is 1. The predicted octanol–water partition coefficient (Wildman–Crippen LogP) is 3.55. The molecule has 150 valence electrons. The Kier molecular flexibility index (Phi) is 8.43. The summed E-state index contributed by atoms with van der Waals surface area (Å²) in [7, 11) is 0. The Bertz CT molecular complexity index is 793. The molecule has 0 fully saturated rings. The molecule has 0 saturated heterocycles. The van der Waals surface area contributed by atoms with E-state index in [0.717, 1.165) is 0 Å². The Morgan fingerprint density at radius 3 is 2.54 bits per heavy atom. The number of amides is 2. The lowest BCUT2D eigenvalue weighted by Crippen LogP contribution is -2.35. The first kappa shape index (κ1) is 21.9. The molecule has 2 aromatic rings. The third-order valence-corrected chi connectivity index (χ3v) is 4.41. The van der Waals surface area contributed by atoms with Crippen molar-refractivity contribution in [1.82, 2.24) is 5.32 Å². The minimum atomic E-state index is -1.03. The number of phenolic OH excluding ortho intramolecular Hbond substituents is 1. The zero-order valence-corrected chi connectivity index (χ0v) is 16.9. The molecule has 0 aliphatic carbocycles. The van der Waals surface area contributed by atoms with Crippen LogP contribution < -0.4 is 5.32 Å². The van der Waals surface area contributed by atoms with Crippen molar-refractivity contribution >= 4 is 27.9 Å². The highest BCUT2D eigenvalue weighted by molar-refractivity contribution is 9.10. The van der Waals surface area contributed by atoms with Crippen LogP contribution in [0.2, 0.25) is 0 Å². The Hall–Kier alpha value is -2.42. The summed E-state index contributed by atoms with van der Waals surface area (Å²) in [6.07, 6.45) is -2.56. The molecule has 0 aliphatic heterocycles. The molecular formula is C20H22BrNO6. The van der Waals surface area contributed by atoms with E-state index >= 15 is 0 Å². The number of aromatic hydroxyl groups is 1. The van der Waals surface area contributed by atoms with Crippen molar-refractivity contribution in [2.75, 3.05) is 13.2 Å². The van der Waals surface area contributed by atoms with Crippen molar-refractivity contribution in [2.45, 2.75) is 25.6 Å². The number of hydrogen-bond acceptors (Lipinski definition) is 6. The Balaban J connectivity index is 2.24. The molecule has 0 radical (unpaired) electrons. The van der Waals surface area contributed by atoms with Gasteiger partial charge in [0.05, 0.1) is 0 Å². The molecule has 2 rings (SSSR count). The number of aliphatic hydroxyl groups is 1. The van der Waals surface area contributed by atoms with Gasteiger partial charge in [0.15, 0.2) is 6.10 Å². The van der Waals surface area contributed by atoms with Crippen LogP contribution in [0.3, 0.4) is 0 Å². The zero-order valence-electron chi connectivity index (χ0n) is 15.3. The predicted molar refractivity (Wildman–Crippen MR) is 106 cm³/mol. The maximum absolute atomic E-state index is 12.4. The number of benzene rings is 2. The van der Waals surface area contributed by atoms with Crippen LogP contribution in [0.1, 0.15) is 35.4 Å². The summed E-state index contributed by atoms with van der Waals surface area (Å²) < 4.78 is 11.7. The largest absolute Gasteiger partial charge is 0.508 e. The number of aliphatic hydroxyl groups excluding tert-OH is 1. The van der Waals surface area contributed by atoms with Crippen LogP contribution in [0.25, 0.3) is 0 Å². The van der Waals surface area contributed by atoms with Crippen LogP contribution in [-0.4, -0.2) is 41.5 Å². The van der Waals surface area contributed by atoms with Crippen molar-refractivity contribution in [3.05, 3.63) is 64.1 Å². The van der Waals surface area contributed by atoms with Gasteiger partial charge in [-0.2, -0.15) is 0 Å². The summed E-state index contributed by atoms with van der Waals surface area (Å²) in [5, 5.41) is 21.8. The van der Waals surface area contributed by atoms with Gasteiger partial charge in [-0.05, 0) is 37.3 Å². The van der Waals surface area contributed by atoms with Gasteiger partial charge in [0.1, 0.15) is 11.9 Å². The van der Waals surface area contributed by atoms with Gasteiger partial charge in [-0.15, -0.1) is 0 Å². The van der Waals surface area contributed by atoms with Gasteiger partial charge < -0.3 is 19.7 Å². The fourth-order valence-electron chi connectivity index (χ4n) is 2.66. The first-order valence-electron chi connectivity index (χ1n) is 8.74. The first-order valence-corrected chi connectivity index (χ1v) is 9.53. The monoisotopic (exact) mass is 451 g/mol. The van der Waals surface area contributed by atoms with Crippen LogP contribution in [0.5, 0.6) is 5.75 Å². The molecule has 8 heteroatoms. The number of imide groups is 1. The summed E-state index contributed by atoms with van der Waals surface area (Å²) in [6.45, 7) is 1.87. The van der Waals surface area contributed by atoms with Crippen LogP contribution in [0.15, 0.2) is 53.0 Å². The Morgan fingerprint density at radius 2 is 1.89 bits per heavy atom. The van der Waals surface area contributed by atoms with Crippen LogP contribution in [-0.2, 0) is 9.47 Å². The number of hydrogen-bond donors (Lipinski definition) is 3. The molecule has 28 heavy (non-hydrogen) atoms. The van der Waals surface area contributed by atoms with Crippen molar-refractivity contribution in [3.63, 3.8) is 0 Å². The molecule has 2 amide bonds. The highest BCUT2D eigenvalue weighted by Gasteiger charge is 2.30. The van der Waals surface area contributed by atoms with Crippen molar-refractivity contribution in [1.29, 1.82) is 0 Å². The number of ether oxygens (including phenoxy) is 2. The van der Waals surface area contributed by atoms with E-state index in [1.54, 1.807) is 49.4 Å². The average Bonchev–Trinajstić information content (AvgIpc) is 2.68. The molecule has 2 aromatic carbocycles. The lowest BCUT2D eigenvalue weighted by Gasteiger charge is -2.27. The molecular weight excluding hydrogens is 430 g/mol. The number of halogens is 1. The van der Waals surface area contributed by atoms with Crippen LogP contribution >= 0.6 is 15.9 Å². The summed E-state index contributed by atoms with van der Waals surface area (Å²) >= 11 is 3.32. The first-order chi connectivity index (χ1) is 13.5. The lowest BCUT2D eigenvalue weighted by molar-refractivity contribution is -0.0516. The summed E-state index contributed by atoms with van der Waals surface area (Å²) in [6, 6.07) is 12.9. The Morgan fingerprint density at radius 1 is 1.18 bits per heavy atom. The van der Waals surface area contributed by atoms with Gasteiger partial charge in [0, 0.05) is 35.2 Å². The van der Waals surface area contributed by atoms with E-state index in [1.807, 2.05) is 0 Å². The van der Waals surface area contributed by atoms with Gasteiger partial charge in [0.2, 0.25) is 0 Å². The number of rotatable bonds is 8. The number of carbonyl (C=O) groups excluding carboxylic acids is 2. The molecule has 7 nitrogen and oxygen atoms in total. The smallest absolute Gasteiger partial charge is 0.414 e. The molecule has 0 bridgehead atoms. The van der Waals surface area contributed by atoms with Crippen LogP contribution in [0, 0.1) is 0 Å². The topological polar surface area (TPSA) is 105 Å². The molecule has 0 heterocycles. The lowest BCUT2D eigenvalue weighted by atomic mass is 10.0. The van der Waals surface area contributed by atoms with E-state index < -0.39 is 24.2 Å². The van der Waals surface area contributed by atoms with Gasteiger partial charge in [-0.1, -0.05) is 34.1 Å². The molecule has 0 unspecified atom stereocenters. The number of phenols is 1. The third-order valence-electron chi connectivity index (χ3n) is 3.91. The fraction of sp³-hybridized carbons (Fsp3) is 0.300. The highest BCUT2D eigenvalue weighted by Crippen LogP contribution is 2.34. The van der Waals surface area contributed by atoms with E-state index in [1.165, 1.54) is 6.07 Å². The molecule has 3 N–H and O–H groups in total. The molecule has 0 aliphatic rings. The maximum atomic E-state index is 12.4. The van der Waals surface area contributed by atoms with E-state index in [-0.39, 0.29) is 18.8 Å². The van der Waals surface area contributed by atoms with E-state index in [0.29, 0.717) is 22.2 Å². The molecule has 0 aromatic heterocycles. The molecule has 2 atom stereocenters. The average molecular weight is 452 g/mol. The normalized spacial score (nSPS) is 12.8. The second-order valence-corrected chi connectivity index (χ2v) is 6.77. The van der Waals surface area contributed by atoms with E-state index in [4.69, 9.17) is 9.47 Å². The standard InChI is InChI=1S/C20H22BrNO6/c1-2-27-17(10-11-23)18(15-12-14(21)8-9-16(15)24)28-20(26)22-19(25)13-6-4-3-5-7-13/h3-9,12,17-18,23-24H,2,10-11H2,1H3,(H,22,25,26)/t17-,18-/m1/s1. The van der Waals surface area contributed by atoms with E-state index in [2.05, 4.69) is 21.2 Å². The van der Waals surface area contributed by atoms with Gasteiger partial charge in [0.25, 0.3) is 5.91 Å². The second kappa shape index (κ2) is 10.8. The minimum absolute atomic E-state index is 0.0990. The van der Waals surface area contributed by atoms with Gasteiger partial charge in [-0.3, -0.25) is 10.1 Å². The van der Waals surface area contributed by atoms with E-state index in [9.17, 15) is 19.8 Å². The van der Waals surface area contributed by atoms with Gasteiger partial charge in [-0.25, -0.2) is 4.79 Å². The van der Waals surface area contributed by atoms with Crippen molar-refractivity contribution in [2.24, 2.45) is 0 Å². The molecule has 0 saturated carbocycles. The zero-order chi connectivity index (χ0) is 20.5. The Labute approximate surface area is 171 Å². The van der Waals surface area contributed by atoms with Crippen molar-refractivity contribution < 1.29 is 29.3 Å². The summed E-state index contributed by atoms with van der Waals surface area (Å²) in [5.74, 6) is -0.712. The molecule has 0 spiro atoms. The quantitative estimate of drug-likeness (QED) is 0.566.